The highest BCUT2D eigenvalue weighted by atomic mass is 16.5. The zero-order valence-corrected chi connectivity index (χ0v) is 15.0. The maximum atomic E-state index is 12.7. The van der Waals surface area contributed by atoms with Crippen LogP contribution >= 0.6 is 0 Å². The van der Waals surface area contributed by atoms with Gasteiger partial charge in [-0.1, -0.05) is 20.3 Å². The fourth-order valence-corrected chi connectivity index (χ4v) is 3.53. The highest BCUT2D eigenvalue weighted by molar-refractivity contribution is 6.10. The Morgan fingerprint density at radius 2 is 1.92 bits per heavy atom. The molecule has 5 heteroatoms. The first kappa shape index (κ1) is 16.6. The van der Waals surface area contributed by atoms with Crippen LogP contribution in [0.2, 0.25) is 0 Å². The fraction of sp³-hybridized carbons (Fsp3) is 0.333. The van der Waals surface area contributed by atoms with Crippen molar-refractivity contribution < 1.29 is 13.6 Å². The molecule has 0 amide bonds. The standard InChI is InChI=1S/C21H19O5/c1-4-6-13-7-8-14-19(25-13)17-12(5-2)10-16(23)26-21(17)18-15(22)9-11(3)24-20(14)18/h7-9,13H,4-6H2,1-3H3. The van der Waals surface area contributed by atoms with E-state index in [1.54, 1.807) is 6.92 Å². The molecular weight excluding hydrogens is 332 g/mol. The van der Waals surface area contributed by atoms with Crippen molar-refractivity contribution in [2.75, 3.05) is 0 Å². The molecule has 0 saturated heterocycles. The molecule has 1 aliphatic heterocycles. The van der Waals surface area contributed by atoms with E-state index in [2.05, 4.69) is 13.0 Å². The Bertz CT molecular complexity index is 1160. The van der Waals surface area contributed by atoms with E-state index >= 15 is 0 Å². The second kappa shape index (κ2) is 6.16. The van der Waals surface area contributed by atoms with E-state index in [-0.39, 0.29) is 22.5 Å². The van der Waals surface area contributed by atoms with Gasteiger partial charge in [-0.3, -0.25) is 4.79 Å². The predicted octanol–water partition coefficient (Wildman–Crippen LogP) is 4.14. The average molecular weight is 351 g/mol. The van der Waals surface area contributed by atoms with Crippen molar-refractivity contribution in [1.29, 1.82) is 0 Å². The third-order valence-electron chi connectivity index (χ3n) is 4.66. The Hall–Kier alpha value is -2.82. The monoisotopic (exact) mass is 351 g/mol. The van der Waals surface area contributed by atoms with Gasteiger partial charge in [0.2, 0.25) is 0 Å². The molecule has 0 saturated carbocycles. The lowest BCUT2D eigenvalue weighted by Gasteiger charge is -2.24. The predicted molar refractivity (Wildman–Crippen MR) is 99.8 cm³/mol. The average Bonchev–Trinajstić information content (AvgIpc) is 2.60. The normalized spacial score (nSPS) is 16.0. The van der Waals surface area contributed by atoms with Crippen LogP contribution in [0.3, 0.4) is 0 Å². The van der Waals surface area contributed by atoms with Crippen LogP contribution in [-0.4, -0.2) is 6.10 Å². The van der Waals surface area contributed by atoms with Crippen LogP contribution in [-0.2, 0) is 6.42 Å². The summed E-state index contributed by atoms with van der Waals surface area (Å²) in [6.45, 7) is 5.75. The second-order valence-electron chi connectivity index (χ2n) is 6.52. The number of hydrogen-bond acceptors (Lipinski definition) is 5. The van der Waals surface area contributed by atoms with Gasteiger partial charge in [-0.15, -0.1) is 0 Å². The first-order valence-electron chi connectivity index (χ1n) is 8.87. The smallest absolute Gasteiger partial charge is 0.344 e. The summed E-state index contributed by atoms with van der Waals surface area (Å²) in [6, 6.07) is 4.14. The van der Waals surface area contributed by atoms with Crippen LogP contribution in [0, 0.1) is 13.0 Å². The molecule has 5 nitrogen and oxygen atoms in total. The summed E-state index contributed by atoms with van der Waals surface area (Å²) in [7, 11) is 0. The number of hydrogen-bond donors (Lipinski definition) is 0. The summed E-state index contributed by atoms with van der Waals surface area (Å²) >= 11 is 0. The van der Waals surface area contributed by atoms with Gasteiger partial charge in [0, 0.05) is 6.07 Å². The van der Waals surface area contributed by atoms with E-state index in [0.29, 0.717) is 40.0 Å². The molecule has 26 heavy (non-hydrogen) atoms. The summed E-state index contributed by atoms with van der Waals surface area (Å²) < 4.78 is 17.5. The number of ether oxygens (including phenoxy) is 1. The minimum absolute atomic E-state index is 0.0682. The van der Waals surface area contributed by atoms with Crippen molar-refractivity contribution in [3.05, 3.63) is 55.7 Å². The highest BCUT2D eigenvalue weighted by Crippen LogP contribution is 2.42. The molecule has 0 N–H and O–H groups in total. The summed E-state index contributed by atoms with van der Waals surface area (Å²) in [6.07, 6.45) is 6.27. The largest absolute Gasteiger partial charge is 0.485 e. The molecule has 1 atom stereocenters. The lowest BCUT2D eigenvalue weighted by molar-refractivity contribution is 0.236. The van der Waals surface area contributed by atoms with Gasteiger partial charge in [-0.25, -0.2) is 4.79 Å². The fourth-order valence-electron chi connectivity index (χ4n) is 3.53. The zero-order chi connectivity index (χ0) is 18.4. The van der Waals surface area contributed by atoms with Gasteiger partial charge in [-0.05, 0) is 37.5 Å². The van der Waals surface area contributed by atoms with Crippen molar-refractivity contribution in [2.24, 2.45) is 0 Å². The Kier molecular flexibility index (Phi) is 3.94. The molecule has 0 spiro atoms. The van der Waals surface area contributed by atoms with Crippen molar-refractivity contribution in [3.8, 4) is 5.75 Å². The maximum absolute atomic E-state index is 12.7. The van der Waals surface area contributed by atoms with Gasteiger partial charge >= 0.3 is 5.63 Å². The summed E-state index contributed by atoms with van der Waals surface area (Å²) in [5, 5.41) is 0.906. The number of fused-ring (bicyclic) bond motifs is 6. The molecule has 0 bridgehead atoms. The van der Waals surface area contributed by atoms with E-state index in [1.807, 2.05) is 19.1 Å². The first-order chi connectivity index (χ1) is 12.5. The Balaban J connectivity index is 2.23. The van der Waals surface area contributed by atoms with Crippen molar-refractivity contribution in [2.45, 2.75) is 46.1 Å². The molecule has 2 aromatic heterocycles. The first-order valence-corrected chi connectivity index (χ1v) is 8.87. The van der Waals surface area contributed by atoms with E-state index in [1.165, 1.54) is 6.07 Å². The lowest BCUT2D eigenvalue weighted by Crippen LogP contribution is -2.18. The third-order valence-corrected chi connectivity index (χ3v) is 4.66. The van der Waals surface area contributed by atoms with E-state index < -0.39 is 5.63 Å². The van der Waals surface area contributed by atoms with Gasteiger partial charge in [-0.2, -0.15) is 0 Å². The van der Waals surface area contributed by atoms with E-state index in [4.69, 9.17) is 13.6 Å². The molecule has 1 aromatic carbocycles. The molecule has 3 heterocycles. The molecule has 1 unspecified atom stereocenters. The highest BCUT2D eigenvalue weighted by Gasteiger charge is 2.26. The molecule has 1 aliphatic rings. The minimum Gasteiger partial charge on any atom is -0.485 e. The van der Waals surface area contributed by atoms with Gasteiger partial charge in [0.15, 0.2) is 16.6 Å². The van der Waals surface area contributed by atoms with Gasteiger partial charge in [0.05, 0.1) is 17.0 Å². The van der Waals surface area contributed by atoms with Crippen LogP contribution in [0.25, 0.3) is 28.0 Å². The minimum atomic E-state index is -0.605. The third kappa shape index (κ3) is 2.46. The molecule has 133 valence electrons. The van der Waals surface area contributed by atoms with Crippen LogP contribution in [0.5, 0.6) is 5.75 Å². The second-order valence-corrected chi connectivity index (χ2v) is 6.52. The van der Waals surface area contributed by atoms with Gasteiger partial charge in [0.25, 0.3) is 0 Å². The van der Waals surface area contributed by atoms with Crippen LogP contribution in [0.15, 0.2) is 30.6 Å². The SMILES string of the molecule is CCCC1C=Cc2c(c3c(CC)[c]c(=O)oc3c3c(=O)cc(C)oc23)O1. The topological polar surface area (TPSA) is 69.7 Å². The van der Waals surface area contributed by atoms with Gasteiger partial charge in [0.1, 0.15) is 23.0 Å². The van der Waals surface area contributed by atoms with Crippen molar-refractivity contribution in [1.82, 2.24) is 0 Å². The Morgan fingerprint density at radius 1 is 1.12 bits per heavy atom. The van der Waals surface area contributed by atoms with Crippen molar-refractivity contribution >= 4 is 28.0 Å². The van der Waals surface area contributed by atoms with Crippen LogP contribution < -0.4 is 15.8 Å². The van der Waals surface area contributed by atoms with Crippen LogP contribution in [0.1, 0.15) is 43.6 Å². The zero-order valence-electron chi connectivity index (χ0n) is 15.0. The van der Waals surface area contributed by atoms with Crippen LogP contribution in [0.4, 0.5) is 0 Å². The molecule has 3 aromatic rings. The number of rotatable bonds is 3. The molecule has 0 aliphatic carbocycles. The number of benzene rings is 1. The molecule has 1 radical (unpaired) electrons. The van der Waals surface area contributed by atoms with Crippen molar-refractivity contribution in [3.63, 3.8) is 0 Å². The lowest BCUT2D eigenvalue weighted by atomic mass is 9.97. The summed E-state index contributed by atoms with van der Waals surface area (Å²) in [5.41, 5.74) is 1.15. The quantitative estimate of drug-likeness (QED) is 0.524. The Labute approximate surface area is 149 Å². The van der Waals surface area contributed by atoms with Gasteiger partial charge < -0.3 is 13.6 Å². The number of aryl methyl sites for hydroxylation is 2. The molecule has 0 fully saturated rings. The Morgan fingerprint density at radius 3 is 2.65 bits per heavy atom. The van der Waals surface area contributed by atoms with E-state index in [0.717, 1.165) is 12.8 Å². The van der Waals surface area contributed by atoms with E-state index in [9.17, 15) is 9.59 Å². The summed E-state index contributed by atoms with van der Waals surface area (Å²) in [5.74, 6) is 1.09. The summed E-state index contributed by atoms with van der Waals surface area (Å²) in [4.78, 5) is 24.7. The molecular formula is C21H19O5. The molecule has 4 rings (SSSR count). The maximum Gasteiger partial charge on any atom is 0.344 e.